The molecule has 1 saturated carbocycles. The van der Waals surface area contributed by atoms with E-state index in [-0.39, 0.29) is 0 Å². The van der Waals surface area contributed by atoms with Crippen LogP contribution in [0.5, 0.6) is 0 Å². The molecule has 0 bridgehead atoms. The largest absolute Gasteiger partial charge is 0.362 e. The van der Waals surface area contributed by atoms with Crippen molar-refractivity contribution in [2.75, 3.05) is 5.75 Å². The van der Waals surface area contributed by atoms with Crippen LogP contribution in [0.4, 0.5) is 0 Å². The SMILES string of the molecule is CCc1ccc(CN=C2NC3CCCCC3CS2)s1. The first-order valence-corrected chi connectivity index (χ1v) is 9.16. The third kappa shape index (κ3) is 3.34. The normalized spacial score (nSPS) is 29.0. The highest BCUT2D eigenvalue weighted by molar-refractivity contribution is 8.13. The molecule has 2 nitrogen and oxygen atoms in total. The van der Waals surface area contributed by atoms with Crippen molar-refractivity contribution in [3.8, 4) is 0 Å². The maximum atomic E-state index is 4.77. The molecule has 0 spiro atoms. The van der Waals surface area contributed by atoms with Crippen molar-refractivity contribution in [3.05, 3.63) is 21.9 Å². The molecule has 1 aromatic rings. The predicted octanol–water partition coefficient (Wildman–Crippen LogP) is 4.06. The van der Waals surface area contributed by atoms with Crippen molar-refractivity contribution in [2.45, 2.75) is 51.6 Å². The highest BCUT2D eigenvalue weighted by atomic mass is 32.2. The summed E-state index contributed by atoms with van der Waals surface area (Å²) in [6.07, 6.45) is 6.69. The summed E-state index contributed by atoms with van der Waals surface area (Å²) in [6.45, 7) is 3.06. The Labute approximate surface area is 124 Å². The fourth-order valence-electron chi connectivity index (χ4n) is 2.92. The summed E-state index contributed by atoms with van der Waals surface area (Å²) in [6, 6.07) is 5.16. The van der Waals surface area contributed by atoms with E-state index in [9.17, 15) is 0 Å². The average molecular weight is 294 g/mol. The van der Waals surface area contributed by atoms with Crippen LogP contribution in [0.25, 0.3) is 0 Å². The predicted molar refractivity (Wildman–Crippen MR) is 86.2 cm³/mol. The van der Waals surface area contributed by atoms with Crippen molar-refractivity contribution >= 4 is 28.3 Å². The molecule has 1 N–H and O–H groups in total. The van der Waals surface area contributed by atoms with Crippen molar-refractivity contribution in [2.24, 2.45) is 10.9 Å². The number of rotatable bonds is 3. The molecule has 2 fully saturated rings. The molecule has 3 rings (SSSR count). The van der Waals surface area contributed by atoms with Crippen LogP contribution in [-0.4, -0.2) is 17.0 Å². The van der Waals surface area contributed by atoms with Gasteiger partial charge in [0, 0.05) is 21.5 Å². The van der Waals surface area contributed by atoms with Crippen molar-refractivity contribution in [3.63, 3.8) is 0 Å². The summed E-state index contributed by atoms with van der Waals surface area (Å²) in [5, 5.41) is 4.84. The van der Waals surface area contributed by atoms with E-state index in [4.69, 9.17) is 4.99 Å². The van der Waals surface area contributed by atoms with Crippen molar-refractivity contribution in [1.29, 1.82) is 0 Å². The van der Waals surface area contributed by atoms with E-state index in [0.29, 0.717) is 6.04 Å². The van der Waals surface area contributed by atoms with Gasteiger partial charge in [-0.25, -0.2) is 0 Å². The molecule has 0 radical (unpaired) electrons. The number of thiophene rings is 1. The van der Waals surface area contributed by atoms with E-state index in [1.807, 2.05) is 23.1 Å². The number of nitrogens with zero attached hydrogens (tertiary/aromatic N) is 1. The lowest BCUT2D eigenvalue weighted by Crippen LogP contribution is -2.46. The van der Waals surface area contributed by atoms with Gasteiger partial charge in [0.1, 0.15) is 0 Å². The molecule has 2 unspecified atom stereocenters. The third-order valence-electron chi connectivity index (χ3n) is 4.10. The Kier molecular flexibility index (Phi) is 4.49. The number of hydrogen-bond donors (Lipinski definition) is 1. The minimum atomic E-state index is 0.697. The van der Waals surface area contributed by atoms with E-state index >= 15 is 0 Å². The van der Waals surface area contributed by atoms with E-state index in [1.54, 1.807) is 0 Å². The van der Waals surface area contributed by atoms with Gasteiger partial charge in [0.2, 0.25) is 0 Å². The highest BCUT2D eigenvalue weighted by Crippen LogP contribution is 2.31. The molecule has 1 aliphatic carbocycles. The van der Waals surface area contributed by atoms with Crippen LogP contribution in [0, 0.1) is 5.92 Å². The number of fused-ring (bicyclic) bond motifs is 1. The molecule has 1 saturated heterocycles. The van der Waals surface area contributed by atoms with E-state index in [1.165, 1.54) is 46.4 Å². The van der Waals surface area contributed by atoms with Gasteiger partial charge in [-0.05, 0) is 37.3 Å². The second-order valence-corrected chi connectivity index (χ2v) is 7.71. The van der Waals surface area contributed by atoms with E-state index in [2.05, 4.69) is 24.4 Å². The van der Waals surface area contributed by atoms with E-state index in [0.717, 1.165) is 18.9 Å². The molecule has 104 valence electrons. The summed E-state index contributed by atoms with van der Waals surface area (Å²) < 4.78 is 0. The first-order valence-electron chi connectivity index (χ1n) is 7.36. The Morgan fingerprint density at radius 2 is 2.11 bits per heavy atom. The lowest BCUT2D eigenvalue weighted by molar-refractivity contribution is 0.311. The molecule has 2 atom stereocenters. The summed E-state index contributed by atoms with van der Waals surface area (Å²) in [5.74, 6) is 2.15. The Bertz CT molecular complexity index is 453. The van der Waals surface area contributed by atoms with Gasteiger partial charge in [0.25, 0.3) is 0 Å². The molecule has 2 heterocycles. The van der Waals surface area contributed by atoms with Gasteiger partial charge in [-0.15, -0.1) is 11.3 Å². The van der Waals surface area contributed by atoms with E-state index < -0.39 is 0 Å². The van der Waals surface area contributed by atoms with Crippen molar-refractivity contribution in [1.82, 2.24) is 5.32 Å². The zero-order valence-corrected chi connectivity index (χ0v) is 13.2. The number of aryl methyl sites for hydroxylation is 1. The first-order chi connectivity index (χ1) is 9.35. The Morgan fingerprint density at radius 1 is 1.26 bits per heavy atom. The van der Waals surface area contributed by atoms with Gasteiger partial charge in [0.05, 0.1) is 6.54 Å². The minimum absolute atomic E-state index is 0.697. The zero-order valence-electron chi connectivity index (χ0n) is 11.5. The number of hydrogen-bond acceptors (Lipinski definition) is 3. The summed E-state index contributed by atoms with van der Waals surface area (Å²) in [4.78, 5) is 7.62. The maximum Gasteiger partial charge on any atom is 0.157 e. The third-order valence-corrected chi connectivity index (χ3v) is 6.43. The van der Waals surface area contributed by atoms with Gasteiger partial charge in [-0.2, -0.15) is 0 Å². The van der Waals surface area contributed by atoms with Gasteiger partial charge < -0.3 is 5.32 Å². The number of nitrogens with one attached hydrogen (secondary N) is 1. The molecule has 0 amide bonds. The van der Waals surface area contributed by atoms with Gasteiger partial charge in [-0.3, -0.25) is 4.99 Å². The van der Waals surface area contributed by atoms with Crippen LogP contribution in [0.2, 0.25) is 0 Å². The summed E-state index contributed by atoms with van der Waals surface area (Å²) in [7, 11) is 0. The molecule has 0 aromatic carbocycles. The molecule has 19 heavy (non-hydrogen) atoms. The highest BCUT2D eigenvalue weighted by Gasteiger charge is 2.30. The van der Waals surface area contributed by atoms with Gasteiger partial charge in [-0.1, -0.05) is 31.5 Å². The zero-order chi connectivity index (χ0) is 13.1. The standard InChI is InChI=1S/C15H22N2S2/c1-2-12-7-8-13(19-12)9-16-15-17-14-6-4-3-5-11(14)10-18-15/h7-8,11,14H,2-6,9-10H2,1H3,(H,16,17). The van der Waals surface area contributed by atoms with Crippen LogP contribution in [0.15, 0.2) is 17.1 Å². The molecular weight excluding hydrogens is 272 g/mol. The summed E-state index contributed by atoms with van der Waals surface area (Å²) >= 11 is 3.82. The Balaban J connectivity index is 1.58. The first kappa shape index (κ1) is 13.5. The van der Waals surface area contributed by atoms with Gasteiger partial charge in [0.15, 0.2) is 5.17 Å². The lowest BCUT2D eigenvalue weighted by atomic mass is 9.86. The van der Waals surface area contributed by atoms with Crippen molar-refractivity contribution < 1.29 is 0 Å². The molecule has 1 aromatic heterocycles. The van der Waals surface area contributed by atoms with Crippen LogP contribution in [-0.2, 0) is 13.0 Å². The van der Waals surface area contributed by atoms with Gasteiger partial charge >= 0.3 is 0 Å². The minimum Gasteiger partial charge on any atom is -0.362 e. The maximum absolute atomic E-state index is 4.77. The monoisotopic (exact) mass is 294 g/mol. The number of thioether (sulfide) groups is 1. The number of aliphatic imine (C=N–C) groups is 1. The second-order valence-electron chi connectivity index (χ2n) is 5.45. The quantitative estimate of drug-likeness (QED) is 0.909. The summed E-state index contributed by atoms with van der Waals surface area (Å²) in [5.41, 5.74) is 0. The average Bonchev–Trinajstić information content (AvgIpc) is 2.93. The van der Waals surface area contributed by atoms with Crippen LogP contribution in [0.3, 0.4) is 0 Å². The fourth-order valence-corrected chi connectivity index (χ4v) is 4.97. The molecular formula is C15H22N2S2. The van der Waals surface area contributed by atoms with Crippen LogP contribution in [0.1, 0.15) is 42.4 Å². The molecule has 4 heteroatoms. The smallest absolute Gasteiger partial charge is 0.157 e. The number of amidine groups is 1. The molecule has 1 aliphatic heterocycles. The van der Waals surface area contributed by atoms with Crippen LogP contribution < -0.4 is 5.32 Å². The Morgan fingerprint density at radius 3 is 2.95 bits per heavy atom. The second kappa shape index (κ2) is 6.31. The molecule has 2 aliphatic rings. The lowest BCUT2D eigenvalue weighted by Gasteiger charge is -2.36. The fraction of sp³-hybridized carbons (Fsp3) is 0.667. The Hall–Kier alpha value is -0.480. The topological polar surface area (TPSA) is 24.4 Å². The van der Waals surface area contributed by atoms with Crippen LogP contribution >= 0.6 is 23.1 Å².